The number of likely N-dealkylation sites (tertiary alicyclic amines) is 2. The highest BCUT2D eigenvalue weighted by atomic mass is 16.2. The van der Waals surface area contributed by atoms with Crippen LogP contribution in [-0.2, 0) is 4.79 Å². The summed E-state index contributed by atoms with van der Waals surface area (Å²) in [6.45, 7) is 9.45. The van der Waals surface area contributed by atoms with Crippen molar-refractivity contribution >= 4 is 29.3 Å². The van der Waals surface area contributed by atoms with Gasteiger partial charge >= 0.3 is 0 Å². The van der Waals surface area contributed by atoms with Gasteiger partial charge in [0.25, 0.3) is 5.91 Å². The number of piperidine rings is 1. The fourth-order valence-electron chi connectivity index (χ4n) is 5.50. The first-order valence-electron chi connectivity index (χ1n) is 13.7. The number of carbonyl (C=O) groups is 2. The Morgan fingerprint density at radius 2 is 1.68 bits per heavy atom. The van der Waals surface area contributed by atoms with Crippen molar-refractivity contribution in [3.8, 4) is 0 Å². The third-order valence-corrected chi connectivity index (χ3v) is 8.02. The second-order valence-corrected chi connectivity index (χ2v) is 10.8. The molecule has 7 heteroatoms. The molecular formula is C31H41N5O2. The molecule has 7 nitrogen and oxygen atoms in total. The minimum Gasteiger partial charge on any atom is -0.393 e. The molecule has 38 heavy (non-hydrogen) atoms. The molecule has 2 aromatic carbocycles. The van der Waals surface area contributed by atoms with Gasteiger partial charge in [0.1, 0.15) is 0 Å². The van der Waals surface area contributed by atoms with E-state index in [2.05, 4.69) is 53.6 Å². The number of amides is 2. The van der Waals surface area contributed by atoms with Crippen LogP contribution in [0.15, 0.2) is 48.7 Å². The lowest BCUT2D eigenvalue weighted by Crippen LogP contribution is -2.38. The van der Waals surface area contributed by atoms with Gasteiger partial charge in [-0.1, -0.05) is 30.3 Å². The molecule has 2 fully saturated rings. The number of nitrogens with zero attached hydrogens (tertiary/aromatic N) is 2. The molecule has 2 aliphatic heterocycles. The molecule has 4 rings (SSSR count). The molecule has 0 aliphatic carbocycles. The summed E-state index contributed by atoms with van der Waals surface area (Å²) in [7, 11) is 1.83. The van der Waals surface area contributed by atoms with Crippen molar-refractivity contribution in [2.45, 2.75) is 52.0 Å². The second kappa shape index (κ2) is 12.4. The van der Waals surface area contributed by atoms with E-state index in [1.165, 1.54) is 11.8 Å². The predicted molar refractivity (Wildman–Crippen MR) is 155 cm³/mol. The Morgan fingerprint density at radius 1 is 1.00 bits per heavy atom. The molecule has 2 aliphatic rings. The molecule has 0 saturated carbocycles. The Morgan fingerprint density at radius 3 is 2.29 bits per heavy atom. The molecule has 0 spiro atoms. The molecule has 0 aromatic heterocycles. The lowest BCUT2D eigenvalue weighted by atomic mass is 9.88. The van der Waals surface area contributed by atoms with Gasteiger partial charge in [-0.3, -0.25) is 9.59 Å². The summed E-state index contributed by atoms with van der Waals surface area (Å²) in [4.78, 5) is 30.6. The van der Waals surface area contributed by atoms with Gasteiger partial charge in [0.05, 0.1) is 5.92 Å². The fourth-order valence-corrected chi connectivity index (χ4v) is 5.50. The smallest absolute Gasteiger partial charge is 0.253 e. The van der Waals surface area contributed by atoms with Crippen LogP contribution in [0.3, 0.4) is 0 Å². The lowest BCUT2D eigenvalue weighted by molar-refractivity contribution is -0.119. The highest BCUT2D eigenvalue weighted by Crippen LogP contribution is 2.30. The fraction of sp³-hybridized carbons (Fsp3) is 0.452. The van der Waals surface area contributed by atoms with Crippen molar-refractivity contribution in [1.82, 2.24) is 15.1 Å². The van der Waals surface area contributed by atoms with E-state index in [1.807, 2.05) is 43.3 Å². The van der Waals surface area contributed by atoms with Crippen molar-refractivity contribution in [1.29, 1.82) is 5.41 Å². The topological polar surface area (TPSA) is 88.5 Å². The third-order valence-electron chi connectivity index (χ3n) is 8.02. The van der Waals surface area contributed by atoms with Gasteiger partial charge in [-0.15, -0.1) is 0 Å². The van der Waals surface area contributed by atoms with E-state index in [0.29, 0.717) is 30.6 Å². The Kier molecular flexibility index (Phi) is 9.00. The van der Waals surface area contributed by atoms with Crippen LogP contribution in [-0.4, -0.2) is 67.1 Å². The Hall–Kier alpha value is -3.45. The number of hydrogen-bond acceptors (Lipinski definition) is 5. The van der Waals surface area contributed by atoms with Crippen molar-refractivity contribution in [3.05, 3.63) is 70.9 Å². The normalized spacial score (nSPS) is 19.0. The number of aryl methyl sites for hydroxylation is 1. The molecular weight excluding hydrogens is 474 g/mol. The first-order valence-corrected chi connectivity index (χ1v) is 13.7. The molecule has 2 aromatic rings. The van der Waals surface area contributed by atoms with Crippen LogP contribution >= 0.6 is 0 Å². The van der Waals surface area contributed by atoms with Crippen LogP contribution in [0, 0.1) is 18.3 Å². The van der Waals surface area contributed by atoms with Crippen LogP contribution in [0.2, 0.25) is 0 Å². The van der Waals surface area contributed by atoms with Crippen LogP contribution < -0.4 is 10.6 Å². The molecule has 2 saturated heterocycles. The number of allylic oxidation sites excluding steroid dienone is 1. The van der Waals surface area contributed by atoms with E-state index in [9.17, 15) is 9.59 Å². The maximum Gasteiger partial charge on any atom is 0.253 e. The SMILES string of the molecule is CN/C=C(\C=N)c1ccc(C2CCN(C(=O)c3ccc(C)c(NC(=O)C4CCN(C(C)C)C4)c3)CC2)cc1. The first kappa shape index (κ1) is 27.6. The number of rotatable bonds is 8. The van der Waals surface area contributed by atoms with E-state index < -0.39 is 0 Å². The zero-order chi connectivity index (χ0) is 27.2. The molecule has 1 atom stereocenters. The number of nitrogens with one attached hydrogen (secondary N) is 3. The number of hydrogen-bond donors (Lipinski definition) is 3. The quantitative estimate of drug-likeness (QED) is 0.437. The average molecular weight is 516 g/mol. The highest BCUT2D eigenvalue weighted by molar-refractivity contribution is 6.08. The number of carbonyl (C=O) groups excluding carboxylic acids is 2. The largest absolute Gasteiger partial charge is 0.393 e. The van der Waals surface area contributed by atoms with Crippen LogP contribution in [0.1, 0.15) is 66.1 Å². The van der Waals surface area contributed by atoms with E-state index in [4.69, 9.17) is 5.41 Å². The molecule has 202 valence electrons. The van der Waals surface area contributed by atoms with Crippen molar-refractivity contribution in [2.75, 3.05) is 38.5 Å². The minimum atomic E-state index is -0.0136. The molecule has 3 N–H and O–H groups in total. The molecule has 1 unspecified atom stereocenters. The predicted octanol–water partition coefficient (Wildman–Crippen LogP) is 4.89. The van der Waals surface area contributed by atoms with E-state index in [-0.39, 0.29) is 17.7 Å². The summed E-state index contributed by atoms with van der Waals surface area (Å²) in [5, 5.41) is 13.7. The summed E-state index contributed by atoms with van der Waals surface area (Å²) >= 11 is 0. The van der Waals surface area contributed by atoms with Crippen molar-refractivity contribution < 1.29 is 9.59 Å². The summed E-state index contributed by atoms with van der Waals surface area (Å²) in [6.07, 6.45) is 5.88. The van der Waals surface area contributed by atoms with E-state index in [0.717, 1.165) is 54.7 Å². The van der Waals surface area contributed by atoms with Crippen LogP contribution in [0.4, 0.5) is 5.69 Å². The molecule has 2 amide bonds. The van der Waals surface area contributed by atoms with Gasteiger partial charge in [0.2, 0.25) is 5.91 Å². The first-order chi connectivity index (χ1) is 18.3. The van der Waals surface area contributed by atoms with Crippen LogP contribution in [0.5, 0.6) is 0 Å². The summed E-state index contributed by atoms with van der Waals surface area (Å²) < 4.78 is 0. The molecule has 0 radical (unpaired) electrons. The van der Waals surface area contributed by atoms with Gasteiger partial charge in [-0.2, -0.15) is 0 Å². The van der Waals surface area contributed by atoms with E-state index in [1.54, 1.807) is 0 Å². The van der Waals surface area contributed by atoms with Crippen molar-refractivity contribution in [3.63, 3.8) is 0 Å². The standard InChI is InChI=1S/C31H41N5O2/c1-21(2)36-16-13-27(20-36)30(37)34-29-17-26(6-5-22(29)3)31(38)35-14-11-25(12-15-35)23-7-9-24(10-8-23)28(18-32)19-33-4/h5-10,17-19,21,25,27,32-33H,11-16,20H2,1-4H3,(H,34,37)/b28-19+,32-18?. The highest BCUT2D eigenvalue weighted by Gasteiger charge is 2.30. The zero-order valence-corrected chi connectivity index (χ0v) is 23.1. The lowest BCUT2D eigenvalue weighted by Gasteiger charge is -2.32. The van der Waals surface area contributed by atoms with Crippen LogP contribution in [0.25, 0.3) is 5.57 Å². The van der Waals surface area contributed by atoms with Crippen molar-refractivity contribution in [2.24, 2.45) is 5.92 Å². The van der Waals surface area contributed by atoms with Gasteiger partial charge < -0.3 is 25.8 Å². The molecule has 2 heterocycles. The molecule has 0 bridgehead atoms. The summed E-state index contributed by atoms with van der Waals surface area (Å²) in [5.74, 6) is 0.464. The van der Waals surface area contributed by atoms with Gasteiger partial charge in [0.15, 0.2) is 0 Å². The average Bonchev–Trinajstić information content (AvgIpc) is 3.44. The Balaban J connectivity index is 1.35. The Bertz CT molecular complexity index is 1180. The zero-order valence-electron chi connectivity index (χ0n) is 23.1. The monoisotopic (exact) mass is 515 g/mol. The maximum atomic E-state index is 13.4. The summed E-state index contributed by atoms with van der Waals surface area (Å²) in [6, 6.07) is 14.5. The number of anilines is 1. The number of benzene rings is 2. The van der Waals surface area contributed by atoms with Gasteiger partial charge in [-0.05, 0) is 81.3 Å². The Labute approximate surface area is 226 Å². The van der Waals surface area contributed by atoms with E-state index >= 15 is 0 Å². The van der Waals surface area contributed by atoms with Gasteiger partial charge in [0, 0.05) is 62.0 Å². The van der Waals surface area contributed by atoms with Gasteiger partial charge in [-0.25, -0.2) is 0 Å². The second-order valence-electron chi connectivity index (χ2n) is 10.8. The maximum absolute atomic E-state index is 13.4. The third kappa shape index (κ3) is 6.33. The summed E-state index contributed by atoms with van der Waals surface area (Å²) in [5.41, 5.74) is 5.45. The minimum absolute atomic E-state index is 0.0136.